The Morgan fingerprint density at radius 1 is 1.69 bits per heavy atom. The lowest BCUT2D eigenvalue weighted by atomic mass is 10.2. The first-order chi connectivity index (χ1) is 6.16. The van der Waals surface area contributed by atoms with Crippen molar-refractivity contribution >= 4 is 16.3 Å². The van der Waals surface area contributed by atoms with Gasteiger partial charge >= 0.3 is 6.09 Å². The summed E-state index contributed by atoms with van der Waals surface area (Å²) < 4.78 is 10.3. The van der Waals surface area contributed by atoms with Gasteiger partial charge in [0.05, 0.1) is 16.8 Å². The van der Waals surface area contributed by atoms with E-state index >= 15 is 0 Å². The van der Waals surface area contributed by atoms with Crippen LogP contribution in [-0.4, -0.2) is 34.9 Å². The van der Waals surface area contributed by atoms with Crippen LogP contribution in [0.15, 0.2) is 0 Å². The van der Waals surface area contributed by atoms with Crippen molar-refractivity contribution in [2.75, 3.05) is 13.2 Å². The summed E-state index contributed by atoms with van der Waals surface area (Å²) in [5.41, 5.74) is 0. The van der Waals surface area contributed by atoms with E-state index in [1.165, 1.54) is 0 Å². The van der Waals surface area contributed by atoms with E-state index in [9.17, 15) is 4.79 Å². The third-order valence-electron chi connectivity index (χ3n) is 2.11. The molecule has 0 saturated carbocycles. The number of carbonyl (C=O) groups excluding carboxylic acids is 1. The van der Waals surface area contributed by atoms with Crippen LogP contribution in [0.1, 0.15) is 26.2 Å². The fourth-order valence-corrected chi connectivity index (χ4v) is 2.18. The normalized spacial score (nSPS) is 28.4. The number of rotatable bonds is 2. The predicted molar refractivity (Wildman–Crippen MR) is 52.6 cm³/mol. The molecule has 1 N–H and O–H groups in total. The number of nitrogens with one attached hydrogen (secondary N) is 1. The van der Waals surface area contributed by atoms with Crippen molar-refractivity contribution in [2.24, 2.45) is 0 Å². The number of carbonyl (C=O) groups is 1. The van der Waals surface area contributed by atoms with Gasteiger partial charge in [-0.3, -0.25) is 5.32 Å². The molecule has 1 heterocycles. The summed E-state index contributed by atoms with van der Waals surface area (Å²) in [6, 6.07) is 0. The molecule has 1 amide bonds. The molecule has 0 spiro atoms. The van der Waals surface area contributed by atoms with E-state index in [0.29, 0.717) is 6.61 Å². The summed E-state index contributed by atoms with van der Waals surface area (Å²) in [4.78, 5) is 11.1. The summed E-state index contributed by atoms with van der Waals surface area (Å²) in [6.07, 6.45) is 2.77. The quantitative estimate of drug-likeness (QED) is 0.640. The van der Waals surface area contributed by atoms with Crippen LogP contribution in [0.5, 0.6) is 0 Å². The smallest absolute Gasteiger partial charge is 0.409 e. The molecule has 0 aliphatic carbocycles. The molecule has 0 aromatic carbocycles. The Morgan fingerprint density at radius 2 is 2.46 bits per heavy atom. The minimum Gasteiger partial charge on any atom is -0.450 e. The van der Waals surface area contributed by atoms with Crippen molar-refractivity contribution in [2.45, 2.75) is 31.5 Å². The zero-order valence-electron chi connectivity index (χ0n) is 8.26. The van der Waals surface area contributed by atoms with Gasteiger partial charge in [0, 0.05) is 6.61 Å². The second-order valence-corrected chi connectivity index (χ2v) is 5.00. The molecule has 0 aromatic heterocycles. The zero-order valence-corrected chi connectivity index (χ0v) is 10.3. The largest absolute Gasteiger partial charge is 0.450 e. The van der Waals surface area contributed by atoms with Crippen molar-refractivity contribution in [3.05, 3.63) is 0 Å². The molecule has 5 heteroatoms. The van der Waals surface area contributed by atoms with Crippen molar-refractivity contribution < 1.29 is 14.3 Å². The van der Waals surface area contributed by atoms with Gasteiger partial charge in [0.15, 0.2) is 0 Å². The van der Waals surface area contributed by atoms with E-state index in [2.05, 4.69) is 5.32 Å². The molecule has 1 aliphatic rings. The first-order valence-electron chi connectivity index (χ1n) is 4.75. The third kappa shape index (κ3) is 3.36. The number of amides is 1. The summed E-state index contributed by atoms with van der Waals surface area (Å²) in [6.45, 7) is 2.94. The SMILES string of the molecule is CCOC(=O)N[C@@]1([SiH3])CCCCO1. The van der Waals surface area contributed by atoms with Crippen LogP contribution in [0.2, 0.25) is 0 Å². The third-order valence-corrected chi connectivity index (χ3v) is 3.15. The highest BCUT2D eigenvalue weighted by molar-refractivity contribution is 6.15. The van der Waals surface area contributed by atoms with E-state index in [1.54, 1.807) is 6.92 Å². The summed E-state index contributed by atoms with van der Waals surface area (Å²) in [5.74, 6) is 0. The van der Waals surface area contributed by atoms with E-state index in [0.717, 1.165) is 36.1 Å². The molecule has 1 fully saturated rings. The van der Waals surface area contributed by atoms with Crippen LogP contribution in [-0.2, 0) is 9.47 Å². The molecule has 13 heavy (non-hydrogen) atoms. The van der Waals surface area contributed by atoms with Gasteiger partial charge in [-0.05, 0) is 26.2 Å². The van der Waals surface area contributed by atoms with Gasteiger partial charge in [-0.25, -0.2) is 4.79 Å². The molecule has 0 bridgehead atoms. The molecule has 0 radical (unpaired) electrons. The molecule has 1 atom stereocenters. The minimum absolute atomic E-state index is 0.362. The lowest BCUT2D eigenvalue weighted by molar-refractivity contribution is -0.0377. The number of hydrogen-bond acceptors (Lipinski definition) is 3. The molecular weight excluding hydrogens is 186 g/mol. The Labute approximate surface area is 81.4 Å². The first-order valence-corrected chi connectivity index (χ1v) is 5.75. The van der Waals surface area contributed by atoms with E-state index in [-0.39, 0.29) is 11.4 Å². The number of ether oxygens (including phenoxy) is 2. The maximum atomic E-state index is 11.1. The molecule has 1 saturated heterocycles. The number of alkyl carbamates (subject to hydrolysis) is 1. The Kier molecular flexibility index (Phi) is 3.74. The van der Waals surface area contributed by atoms with Crippen molar-refractivity contribution in [3.8, 4) is 0 Å². The highest BCUT2D eigenvalue weighted by Crippen LogP contribution is 2.18. The Morgan fingerprint density at radius 3 is 3.00 bits per heavy atom. The number of hydrogen-bond donors (Lipinski definition) is 1. The monoisotopic (exact) mass is 203 g/mol. The van der Waals surface area contributed by atoms with Crippen LogP contribution in [0.3, 0.4) is 0 Å². The van der Waals surface area contributed by atoms with Crippen LogP contribution >= 0.6 is 0 Å². The predicted octanol–water partition coefficient (Wildman–Crippen LogP) is -0.0478. The highest BCUT2D eigenvalue weighted by atomic mass is 28.1. The van der Waals surface area contributed by atoms with Crippen LogP contribution in [0.4, 0.5) is 4.79 Å². The zero-order chi connectivity index (χ0) is 9.73. The van der Waals surface area contributed by atoms with Gasteiger partial charge in [-0.15, -0.1) is 0 Å². The van der Waals surface area contributed by atoms with Crippen molar-refractivity contribution in [3.63, 3.8) is 0 Å². The second kappa shape index (κ2) is 4.62. The van der Waals surface area contributed by atoms with Crippen LogP contribution < -0.4 is 5.32 Å². The highest BCUT2D eigenvalue weighted by Gasteiger charge is 2.29. The van der Waals surface area contributed by atoms with Gasteiger partial charge in [-0.1, -0.05) is 0 Å². The molecule has 0 unspecified atom stereocenters. The van der Waals surface area contributed by atoms with Gasteiger partial charge in [-0.2, -0.15) is 0 Å². The van der Waals surface area contributed by atoms with Gasteiger partial charge in [0.1, 0.15) is 5.35 Å². The van der Waals surface area contributed by atoms with E-state index in [1.807, 2.05) is 0 Å². The summed E-state index contributed by atoms with van der Waals surface area (Å²) in [5, 5.41) is 2.39. The minimum atomic E-state index is -0.384. The van der Waals surface area contributed by atoms with Gasteiger partial charge in [0.25, 0.3) is 0 Å². The maximum absolute atomic E-state index is 11.1. The van der Waals surface area contributed by atoms with Gasteiger partial charge in [0.2, 0.25) is 0 Å². The molecule has 1 rings (SSSR count). The molecule has 0 aromatic rings. The fraction of sp³-hybridized carbons (Fsp3) is 0.875. The Hall–Kier alpha value is -0.553. The lowest BCUT2D eigenvalue weighted by Crippen LogP contribution is -2.53. The van der Waals surface area contributed by atoms with Crippen LogP contribution in [0.25, 0.3) is 0 Å². The van der Waals surface area contributed by atoms with Crippen molar-refractivity contribution in [1.29, 1.82) is 0 Å². The van der Waals surface area contributed by atoms with E-state index in [4.69, 9.17) is 9.47 Å². The molecule has 76 valence electrons. The average molecular weight is 203 g/mol. The molecule has 1 aliphatic heterocycles. The fourth-order valence-electron chi connectivity index (χ4n) is 1.42. The summed E-state index contributed by atoms with van der Waals surface area (Å²) in [7, 11) is 0.801. The topological polar surface area (TPSA) is 47.6 Å². The maximum Gasteiger partial charge on any atom is 0.409 e. The van der Waals surface area contributed by atoms with E-state index < -0.39 is 0 Å². The average Bonchev–Trinajstić information content (AvgIpc) is 2.04. The second-order valence-electron chi connectivity index (χ2n) is 3.38. The van der Waals surface area contributed by atoms with Crippen molar-refractivity contribution in [1.82, 2.24) is 5.32 Å². The summed E-state index contributed by atoms with van der Waals surface area (Å²) >= 11 is 0. The Balaban J connectivity index is 2.36. The first kappa shape index (κ1) is 10.5. The standard InChI is InChI=1S/C8H17NO3Si/c1-2-11-7(10)9-8(13)5-3-4-6-12-8/h2-6H2,1,13H3,(H,9,10)/t8-/m0/s1. The van der Waals surface area contributed by atoms with Crippen LogP contribution in [0, 0.1) is 0 Å². The molecule has 4 nitrogen and oxygen atoms in total. The lowest BCUT2D eigenvalue weighted by Gasteiger charge is -2.34. The van der Waals surface area contributed by atoms with Gasteiger partial charge < -0.3 is 9.47 Å². The molecular formula is C8H17NO3Si. The Bertz CT molecular complexity index is 180.